The van der Waals surface area contributed by atoms with Gasteiger partial charge in [-0.3, -0.25) is 9.59 Å². The highest BCUT2D eigenvalue weighted by Crippen LogP contribution is 2.27. The van der Waals surface area contributed by atoms with Crippen LogP contribution in [-0.4, -0.2) is 25.0 Å². The van der Waals surface area contributed by atoms with Crippen molar-refractivity contribution < 1.29 is 14.3 Å². The first-order valence-electron chi connectivity index (χ1n) is 4.07. The summed E-state index contributed by atoms with van der Waals surface area (Å²) in [4.78, 5) is 22.5. The molecule has 0 aromatic carbocycles. The summed E-state index contributed by atoms with van der Waals surface area (Å²) in [5.41, 5.74) is -0.948. The Hall–Kier alpha value is -1.06. The second-order valence-electron chi connectivity index (χ2n) is 3.06. The molecule has 1 saturated heterocycles. The molecule has 1 aliphatic rings. The van der Waals surface area contributed by atoms with Crippen molar-refractivity contribution in [2.24, 2.45) is 5.41 Å². The Labute approximate surface area is 71.3 Å². The average Bonchev–Trinajstić information content (AvgIpc) is 2.34. The molecule has 1 fully saturated rings. The molecule has 1 rings (SSSR count). The molecule has 0 radical (unpaired) electrons. The summed E-state index contributed by atoms with van der Waals surface area (Å²) >= 11 is 0. The minimum Gasteiger partial charge on any atom is -0.465 e. The lowest BCUT2D eigenvalue weighted by molar-refractivity contribution is -0.157. The minimum atomic E-state index is -0.948. The lowest BCUT2D eigenvalue weighted by atomic mass is 9.89. The summed E-state index contributed by atoms with van der Waals surface area (Å²) in [5, 5.41) is 2.61. The van der Waals surface area contributed by atoms with E-state index >= 15 is 0 Å². The average molecular weight is 171 g/mol. The van der Waals surface area contributed by atoms with Crippen molar-refractivity contribution >= 4 is 11.9 Å². The fourth-order valence-electron chi connectivity index (χ4n) is 1.22. The lowest BCUT2D eigenvalue weighted by Gasteiger charge is -2.17. The molecular weight excluding hydrogens is 158 g/mol. The molecule has 4 nitrogen and oxygen atoms in total. The van der Waals surface area contributed by atoms with Crippen LogP contribution in [0.3, 0.4) is 0 Å². The van der Waals surface area contributed by atoms with Crippen molar-refractivity contribution in [1.82, 2.24) is 5.32 Å². The van der Waals surface area contributed by atoms with E-state index in [1.165, 1.54) is 0 Å². The van der Waals surface area contributed by atoms with Crippen LogP contribution >= 0.6 is 0 Å². The highest BCUT2D eigenvalue weighted by molar-refractivity contribution is 6.03. The summed E-state index contributed by atoms with van der Waals surface area (Å²) in [6.45, 7) is 4.23. The van der Waals surface area contributed by atoms with E-state index in [2.05, 4.69) is 5.32 Å². The predicted molar refractivity (Wildman–Crippen MR) is 42.4 cm³/mol. The Balaban J connectivity index is 2.70. The highest BCUT2D eigenvalue weighted by atomic mass is 16.5. The predicted octanol–water partition coefficient (Wildman–Crippen LogP) is 0.0757. The molecule has 12 heavy (non-hydrogen) atoms. The summed E-state index contributed by atoms with van der Waals surface area (Å²) < 4.78 is 4.80. The van der Waals surface area contributed by atoms with Crippen molar-refractivity contribution in [2.75, 3.05) is 13.2 Å². The Bertz CT molecular complexity index is 214. The quantitative estimate of drug-likeness (QED) is 0.472. The fourth-order valence-corrected chi connectivity index (χ4v) is 1.22. The molecule has 0 aliphatic carbocycles. The van der Waals surface area contributed by atoms with Gasteiger partial charge in [-0.25, -0.2) is 0 Å². The van der Waals surface area contributed by atoms with Crippen LogP contribution in [0, 0.1) is 5.41 Å². The number of hydrogen-bond donors (Lipinski definition) is 1. The normalized spacial score (nSPS) is 28.3. The van der Waals surface area contributed by atoms with Crippen LogP contribution in [-0.2, 0) is 14.3 Å². The van der Waals surface area contributed by atoms with Gasteiger partial charge in [-0.05, 0) is 20.3 Å². The van der Waals surface area contributed by atoms with Crippen LogP contribution in [0.1, 0.15) is 20.3 Å². The number of amides is 1. The first kappa shape index (κ1) is 9.03. The Kier molecular flexibility index (Phi) is 2.35. The summed E-state index contributed by atoms with van der Waals surface area (Å²) in [7, 11) is 0. The van der Waals surface area contributed by atoms with Gasteiger partial charge in [-0.2, -0.15) is 0 Å². The Morgan fingerprint density at radius 3 is 2.83 bits per heavy atom. The number of carbonyl (C=O) groups is 2. The lowest BCUT2D eigenvalue weighted by Crippen LogP contribution is -2.37. The molecule has 1 heterocycles. The highest BCUT2D eigenvalue weighted by Gasteiger charge is 2.45. The van der Waals surface area contributed by atoms with Gasteiger partial charge in [-0.1, -0.05) is 0 Å². The second kappa shape index (κ2) is 3.13. The van der Waals surface area contributed by atoms with Crippen molar-refractivity contribution in [2.45, 2.75) is 20.3 Å². The first-order chi connectivity index (χ1) is 5.61. The van der Waals surface area contributed by atoms with Gasteiger partial charge in [0.25, 0.3) is 0 Å². The van der Waals surface area contributed by atoms with Gasteiger partial charge in [0.05, 0.1) is 6.61 Å². The first-order valence-corrected chi connectivity index (χ1v) is 4.07. The summed E-state index contributed by atoms with van der Waals surface area (Å²) in [6.07, 6.45) is 0.532. The van der Waals surface area contributed by atoms with E-state index in [0.717, 1.165) is 0 Å². The summed E-state index contributed by atoms with van der Waals surface area (Å²) in [6, 6.07) is 0. The smallest absolute Gasteiger partial charge is 0.321 e. The van der Waals surface area contributed by atoms with E-state index in [1.54, 1.807) is 13.8 Å². The maximum Gasteiger partial charge on any atom is 0.321 e. The van der Waals surface area contributed by atoms with Gasteiger partial charge in [-0.15, -0.1) is 0 Å². The van der Waals surface area contributed by atoms with Gasteiger partial charge < -0.3 is 10.1 Å². The van der Waals surface area contributed by atoms with Crippen LogP contribution in [0.25, 0.3) is 0 Å². The fraction of sp³-hybridized carbons (Fsp3) is 0.750. The molecule has 0 aromatic rings. The van der Waals surface area contributed by atoms with Crippen molar-refractivity contribution in [3.63, 3.8) is 0 Å². The largest absolute Gasteiger partial charge is 0.465 e. The number of ether oxygens (including phenoxy) is 1. The van der Waals surface area contributed by atoms with Gasteiger partial charge in [0.1, 0.15) is 5.41 Å². The van der Waals surface area contributed by atoms with Crippen LogP contribution in [0.4, 0.5) is 0 Å². The molecule has 0 saturated carbocycles. The molecule has 1 aliphatic heterocycles. The zero-order valence-corrected chi connectivity index (χ0v) is 7.35. The van der Waals surface area contributed by atoms with Crippen molar-refractivity contribution in [3.05, 3.63) is 0 Å². The topological polar surface area (TPSA) is 55.4 Å². The Morgan fingerprint density at radius 1 is 1.75 bits per heavy atom. The zero-order valence-electron chi connectivity index (χ0n) is 7.35. The molecule has 68 valence electrons. The third-order valence-electron chi connectivity index (χ3n) is 2.14. The Morgan fingerprint density at radius 2 is 2.42 bits per heavy atom. The molecule has 1 atom stereocenters. The van der Waals surface area contributed by atoms with Gasteiger partial charge in [0.2, 0.25) is 5.91 Å². The maximum absolute atomic E-state index is 11.3. The maximum atomic E-state index is 11.3. The molecule has 4 heteroatoms. The van der Waals surface area contributed by atoms with E-state index in [0.29, 0.717) is 19.6 Å². The number of rotatable bonds is 2. The number of carbonyl (C=O) groups excluding carboxylic acids is 2. The third-order valence-corrected chi connectivity index (χ3v) is 2.14. The van der Waals surface area contributed by atoms with E-state index in [9.17, 15) is 9.59 Å². The zero-order chi connectivity index (χ0) is 9.19. The van der Waals surface area contributed by atoms with Crippen LogP contribution < -0.4 is 5.32 Å². The van der Waals surface area contributed by atoms with Gasteiger partial charge in [0.15, 0.2) is 0 Å². The third kappa shape index (κ3) is 1.29. The molecule has 0 aromatic heterocycles. The van der Waals surface area contributed by atoms with Crippen molar-refractivity contribution in [3.8, 4) is 0 Å². The monoisotopic (exact) mass is 171 g/mol. The molecular formula is C8H13NO3. The van der Waals surface area contributed by atoms with Gasteiger partial charge in [0, 0.05) is 6.54 Å². The van der Waals surface area contributed by atoms with E-state index in [4.69, 9.17) is 4.74 Å². The molecule has 0 bridgehead atoms. The van der Waals surface area contributed by atoms with Crippen LogP contribution in [0.5, 0.6) is 0 Å². The van der Waals surface area contributed by atoms with Gasteiger partial charge >= 0.3 is 5.97 Å². The standard InChI is InChI=1S/C8H13NO3/c1-3-12-7(11)8(2)4-5-9-6(8)10/h3-5H2,1-2H3,(H,9,10). The van der Waals surface area contributed by atoms with E-state index < -0.39 is 11.4 Å². The number of nitrogens with one attached hydrogen (secondary N) is 1. The molecule has 0 spiro atoms. The molecule has 1 unspecified atom stereocenters. The van der Waals surface area contributed by atoms with Crippen LogP contribution in [0.2, 0.25) is 0 Å². The number of hydrogen-bond acceptors (Lipinski definition) is 3. The molecule has 1 amide bonds. The second-order valence-corrected chi connectivity index (χ2v) is 3.06. The van der Waals surface area contributed by atoms with Crippen LogP contribution in [0.15, 0.2) is 0 Å². The SMILES string of the molecule is CCOC(=O)C1(C)CCNC1=O. The minimum absolute atomic E-state index is 0.221. The molecule has 1 N–H and O–H groups in total. The van der Waals surface area contributed by atoms with Crippen molar-refractivity contribution in [1.29, 1.82) is 0 Å². The van der Waals surface area contributed by atoms with E-state index in [1.807, 2.05) is 0 Å². The number of esters is 1. The summed E-state index contributed by atoms with van der Waals surface area (Å²) in [5.74, 6) is -0.638. The van der Waals surface area contributed by atoms with E-state index in [-0.39, 0.29) is 5.91 Å².